The molecule has 5 rings (SSSR count). The molecule has 0 bridgehead atoms. The van der Waals surface area contributed by atoms with Crippen LogP contribution in [0.1, 0.15) is 61.9 Å². The van der Waals surface area contributed by atoms with Crippen LogP contribution >= 0.6 is 0 Å². The normalized spacial score (nSPS) is 12.6. The molecule has 0 saturated heterocycles. The molecule has 0 aliphatic carbocycles. The molecule has 1 aliphatic heterocycles. The summed E-state index contributed by atoms with van der Waals surface area (Å²) in [5.74, 6) is 0. The fraction of sp³-hybridized carbons (Fsp3) is 0.220. The van der Waals surface area contributed by atoms with Crippen LogP contribution in [-0.4, -0.2) is 6.54 Å². The number of rotatable bonds is 7. The van der Waals surface area contributed by atoms with Crippen molar-refractivity contribution >= 4 is 11.3 Å². The molecule has 0 unspecified atom stereocenters. The number of nitrogens with two attached hydrogens (primary N) is 1. The van der Waals surface area contributed by atoms with Crippen LogP contribution in [-0.2, 0) is 12.8 Å². The maximum atomic E-state index is 5.36. The molecule has 222 valence electrons. The molecule has 0 saturated carbocycles. The van der Waals surface area contributed by atoms with Crippen LogP contribution < -0.4 is 11.1 Å². The van der Waals surface area contributed by atoms with Crippen molar-refractivity contribution in [3.05, 3.63) is 167 Å². The van der Waals surface area contributed by atoms with E-state index in [1.165, 1.54) is 62.2 Å². The van der Waals surface area contributed by atoms with Crippen molar-refractivity contribution in [1.29, 1.82) is 0 Å². The quantitative estimate of drug-likeness (QED) is 0.218. The van der Waals surface area contributed by atoms with Gasteiger partial charge in [0, 0.05) is 12.2 Å². The van der Waals surface area contributed by atoms with Gasteiger partial charge in [0.2, 0.25) is 0 Å². The number of dihydropyridines is 1. The molecular weight excluding hydrogens is 520 g/mol. The SMILES string of the molecule is CC1=C(c2ccccc2)CNC(c2ccccc2)=C1.CCC.CCc1c(-c2ccccc2)ccc(C)c1C/C=C\C=C/N. The first-order valence-electron chi connectivity index (χ1n) is 15.5. The van der Waals surface area contributed by atoms with E-state index in [-0.39, 0.29) is 0 Å². The molecule has 0 atom stereocenters. The third-order valence-corrected chi connectivity index (χ3v) is 7.28. The van der Waals surface area contributed by atoms with Gasteiger partial charge in [-0.05, 0) is 95.1 Å². The zero-order chi connectivity index (χ0) is 30.9. The van der Waals surface area contributed by atoms with Crippen LogP contribution in [0.5, 0.6) is 0 Å². The topological polar surface area (TPSA) is 38.0 Å². The van der Waals surface area contributed by atoms with E-state index in [1.54, 1.807) is 6.20 Å². The van der Waals surface area contributed by atoms with Gasteiger partial charge in [0.15, 0.2) is 0 Å². The van der Waals surface area contributed by atoms with Gasteiger partial charge in [0.05, 0.1) is 0 Å². The Morgan fingerprint density at radius 1 is 0.674 bits per heavy atom. The van der Waals surface area contributed by atoms with Gasteiger partial charge in [-0.15, -0.1) is 0 Å². The van der Waals surface area contributed by atoms with E-state index in [4.69, 9.17) is 5.73 Å². The Balaban J connectivity index is 0.000000217. The third-order valence-electron chi connectivity index (χ3n) is 7.28. The molecular formula is C41H48N2. The standard InChI is InChI=1S/C20H23N.C18H17N.C3H8/c1-3-18-19(12-8-5-9-15-21)16(2)13-14-20(18)17-10-6-4-7-11-17;1-14-12-18(16-10-6-3-7-11-16)19-13-17(14)15-8-4-2-5-9-15;1-3-2/h4-11,13-15H,3,12,21H2,1-2H3;2-12,19H,13H2,1H3;3H2,1-2H3/b8-5-,15-9-;;. The summed E-state index contributed by atoms with van der Waals surface area (Å²) in [7, 11) is 0. The van der Waals surface area contributed by atoms with E-state index >= 15 is 0 Å². The van der Waals surface area contributed by atoms with E-state index in [0.717, 1.165) is 19.4 Å². The highest BCUT2D eigenvalue weighted by Crippen LogP contribution is 2.30. The Labute approximate surface area is 260 Å². The number of hydrogen-bond donors (Lipinski definition) is 2. The van der Waals surface area contributed by atoms with Gasteiger partial charge in [0.1, 0.15) is 0 Å². The van der Waals surface area contributed by atoms with Crippen molar-refractivity contribution in [2.45, 2.75) is 53.9 Å². The van der Waals surface area contributed by atoms with Gasteiger partial charge in [-0.25, -0.2) is 0 Å². The predicted molar refractivity (Wildman–Crippen MR) is 190 cm³/mol. The molecule has 4 aromatic carbocycles. The molecule has 1 heterocycles. The van der Waals surface area contributed by atoms with Crippen LogP contribution in [0, 0.1) is 6.92 Å². The Hall–Kier alpha value is -4.56. The molecule has 4 aromatic rings. The highest BCUT2D eigenvalue weighted by molar-refractivity contribution is 5.80. The van der Waals surface area contributed by atoms with Crippen LogP contribution in [0.4, 0.5) is 0 Å². The highest BCUT2D eigenvalue weighted by atomic mass is 14.9. The molecule has 0 aromatic heterocycles. The molecule has 3 N–H and O–H groups in total. The van der Waals surface area contributed by atoms with Gasteiger partial charge in [-0.3, -0.25) is 0 Å². The summed E-state index contributed by atoms with van der Waals surface area (Å²) >= 11 is 0. The van der Waals surface area contributed by atoms with Gasteiger partial charge in [0.25, 0.3) is 0 Å². The monoisotopic (exact) mass is 568 g/mol. The highest BCUT2D eigenvalue weighted by Gasteiger charge is 2.13. The molecule has 2 nitrogen and oxygen atoms in total. The second-order valence-corrected chi connectivity index (χ2v) is 10.6. The van der Waals surface area contributed by atoms with Gasteiger partial charge >= 0.3 is 0 Å². The second kappa shape index (κ2) is 18.1. The summed E-state index contributed by atoms with van der Waals surface area (Å²) in [6.45, 7) is 11.7. The summed E-state index contributed by atoms with van der Waals surface area (Å²) in [5, 5.41) is 3.52. The largest absolute Gasteiger partial charge is 0.405 e. The van der Waals surface area contributed by atoms with Crippen molar-refractivity contribution in [2.75, 3.05) is 6.54 Å². The zero-order valence-electron chi connectivity index (χ0n) is 26.6. The van der Waals surface area contributed by atoms with E-state index in [9.17, 15) is 0 Å². The zero-order valence-corrected chi connectivity index (χ0v) is 26.6. The lowest BCUT2D eigenvalue weighted by Gasteiger charge is -2.21. The Morgan fingerprint density at radius 2 is 1.23 bits per heavy atom. The summed E-state index contributed by atoms with van der Waals surface area (Å²) in [6, 6.07) is 36.1. The Kier molecular flexibility index (Phi) is 13.9. The molecule has 0 radical (unpaired) electrons. The lowest BCUT2D eigenvalue weighted by atomic mass is 9.89. The lowest BCUT2D eigenvalue weighted by Crippen LogP contribution is -2.19. The Morgan fingerprint density at radius 3 is 1.77 bits per heavy atom. The maximum Gasteiger partial charge on any atom is 0.0419 e. The van der Waals surface area contributed by atoms with Crippen molar-refractivity contribution in [1.82, 2.24) is 5.32 Å². The number of benzene rings is 4. The third kappa shape index (κ3) is 9.75. The average molecular weight is 569 g/mol. The van der Waals surface area contributed by atoms with Crippen molar-refractivity contribution < 1.29 is 0 Å². The number of hydrogen-bond acceptors (Lipinski definition) is 2. The molecule has 0 fully saturated rings. The molecule has 1 aliphatic rings. The number of aryl methyl sites for hydroxylation is 1. The predicted octanol–water partition coefficient (Wildman–Crippen LogP) is 10.3. The van der Waals surface area contributed by atoms with E-state index < -0.39 is 0 Å². The summed E-state index contributed by atoms with van der Waals surface area (Å²) in [5.41, 5.74) is 18.7. The average Bonchev–Trinajstić information content (AvgIpc) is 3.05. The van der Waals surface area contributed by atoms with Gasteiger partial charge < -0.3 is 11.1 Å². The summed E-state index contributed by atoms with van der Waals surface area (Å²) in [4.78, 5) is 0. The first kappa shape index (κ1) is 32.9. The minimum absolute atomic E-state index is 0.885. The van der Waals surface area contributed by atoms with E-state index in [2.05, 4.69) is 149 Å². The second-order valence-electron chi connectivity index (χ2n) is 10.6. The molecule has 0 amide bonds. The van der Waals surface area contributed by atoms with Crippen LogP contribution in [0.2, 0.25) is 0 Å². The summed E-state index contributed by atoms with van der Waals surface area (Å²) < 4.78 is 0. The molecule has 2 heteroatoms. The van der Waals surface area contributed by atoms with Gasteiger partial charge in [-0.2, -0.15) is 0 Å². The smallest absolute Gasteiger partial charge is 0.0419 e. The molecule has 43 heavy (non-hydrogen) atoms. The van der Waals surface area contributed by atoms with Crippen molar-refractivity contribution in [2.24, 2.45) is 5.73 Å². The number of nitrogens with one attached hydrogen (secondary N) is 1. The van der Waals surface area contributed by atoms with Crippen LogP contribution in [0.25, 0.3) is 22.4 Å². The van der Waals surface area contributed by atoms with Crippen molar-refractivity contribution in [3.63, 3.8) is 0 Å². The maximum absolute atomic E-state index is 5.36. The minimum Gasteiger partial charge on any atom is -0.405 e. The van der Waals surface area contributed by atoms with Gasteiger partial charge in [-0.1, -0.05) is 142 Å². The van der Waals surface area contributed by atoms with E-state index in [0.29, 0.717) is 0 Å². The first-order valence-corrected chi connectivity index (χ1v) is 15.5. The lowest BCUT2D eigenvalue weighted by molar-refractivity contribution is 0.997. The fourth-order valence-electron chi connectivity index (χ4n) is 5.16. The number of allylic oxidation sites excluding steroid dienone is 5. The van der Waals surface area contributed by atoms with Crippen LogP contribution in [0.15, 0.2) is 139 Å². The molecule has 0 spiro atoms. The summed E-state index contributed by atoms with van der Waals surface area (Å²) in [6.07, 6.45) is 13.1. The first-order chi connectivity index (χ1) is 21.0. The van der Waals surface area contributed by atoms with Crippen LogP contribution in [0.3, 0.4) is 0 Å². The van der Waals surface area contributed by atoms with E-state index in [1.807, 2.05) is 18.2 Å². The van der Waals surface area contributed by atoms with Crippen molar-refractivity contribution in [3.8, 4) is 11.1 Å². The fourth-order valence-corrected chi connectivity index (χ4v) is 5.16. The Bertz CT molecular complexity index is 1510. The minimum atomic E-state index is 0.885.